The maximum absolute atomic E-state index is 11.6. The summed E-state index contributed by atoms with van der Waals surface area (Å²) in [5.41, 5.74) is 0.152. The molecule has 0 radical (unpaired) electrons. The van der Waals surface area contributed by atoms with Crippen LogP contribution in [0.15, 0.2) is 23.1 Å². The van der Waals surface area contributed by atoms with Crippen molar-refractivity contribution in [3.8, 4) is 12.3 Å². The lowest BCUT2D eigenvalue weighted by Crippen LogP contribution is -2.24. The van der Waals surface area contributed by atoms with Crippen molar-refractivity contribution < 1.29 is 13.3 Å². The van der Waals surface area contributed by atoms with Crippen LogP contribution >= 0.6 is 0 Å². The maximum Gasteiger partial charge on any atom is 0.273 e. The van der Waals surface area contributed by atoms with E-state index >= 15 is 0 Å². The lowest BCUT2D eigenvalue weighted by Gasteiger charge is -2.04. The molecule has 17 heavy (non-hydrogen) atoms. The zero-order valence-electron chi connectivity index (χ0n) is 9.00. The van der Waals surface area contributed by atoms with Gasteiger partial charge in [0.15, 0.2) is 0 Å². The van der Waals surface area contributed by atoms with E-state index in [1.165, 1.54) is 19.1 Å². The average molecular weight is 254 g/mol. The van der Waals surface area contributed by atoms with Gasteiger partial charge in [0.25, 0.3) is 5.69 Å². The molecule has 0 saturated heterocycles. The second-order valence-corrected chi connectivity index (χ2v) is 5.00. The van der Waals surface area contributed by atoms with Crippen LogP contribution in [0.5, 0.6) is 0 Å². The standard InChI is InChI=1S/C10H10N2O4S/c1-3-6-11-17(15,16)9-5-4-8(2)10(7-9)12(13)14/h1,4-5,7,11H,6H2,2H3. The number of nitrogens with zero attached hydrogens (tertiary/aromatic N) is 1. The molecule has 0 aliphatic rings. The van der Waals surface area contributed by atoms with E-state index in [-0.39, 0.29) is 17.1 Å². The first kappa shape index (κ1) is 13.2. The number of hydrogen-bond acceptors (Lipinski definition) is 4. The molecule has 6 nitrogen and oxygen atoms in total. The van der Waals surface area contributed by atoms with Crippen molar-refractivity contribution in [2.24, 2.45) is 0 Å². The molecule has 0 unspecified atom stereocenters. The summed E-state index contributed by atoms with van der Waals surface area (Å²) in [7, 11) is -3.79. The van der Waals surface area contributed by atoms with E-state index in [4.69, 9.17) is 6.42 Å². The van der Waals surface area contributed by atoms with Gasteiger partial charge in [-0.05, 0) is 13.0 Å². The first-order valence-corrected chi connectivity index (χ1v) is 6.05. The van der Waals surface area contributed by atoms with Gasteiger partial charge in [-0.1, -0.05) is 12.0 Å². The topological polar surface area (TPSA) is 89.3 Å². The number of nitro groups is 1. The predicted molar refractivity (Wildman–Crippen MR) is 61.9 cm³/mol. The van der Waals surface area contributed by atoms with Gasteiger partial charge in [-0.25, -0.2) is 8.42 Å². The molecule has 0 saturated carbocycles. The Morgan fingerprint density at radius 3 is 2.71 bits per heavy atom. The van der Waals surface area contributed by atoms with Crippen molar-refractivity contribution >= 4 is 15.7 Å². The number of hydrogen-bond donors (Lipinski definition) is 1. The number of benzene rings is 1. The largest absolute Gasteiger partial charge is 0.273 e. The molecular weight excluding hydrogens is 244 g/mol. The average Bonchev–Trinajstić information content (AvgIpc) is 2.26. The molecule has 0 heterocycles. The smallest absolute Gasteiger partial charge is 0.258 e. The van der Waals surface area contributed by atoms with Crippen LogP contribution in [-0.2, 0) is 10.0 Å². The van der Waals surface area contributed by atoms with E-state index in [0.29, 0.717) is 5.56 Å². The molecule has 0 bridgehead atoms. The molecule has 0 fully saturated rings. The normalized spacial score (nSPS) is 10.8. The second-order valence-electron chi connectivity index (χ2n) is 3.23. The summed E-state index contributed by atoms with van der Waals surface area (Å²) in [6.07, 6.45) is 4.93. The summed E-state index contributed by atoms with van der Waals surface area (Å²) in [5.74, 6) is 2.12. The Morgan fingerprint density at radius 2 is 2.18 bits per heavy atom. The lowest BCUT2D eigenvalue weighted by molar-refractivity contribution is -0.385. The highest BCUT2D eigenvalue weighted by Crippen LogP contribution is 2.21. The van der Waals surface area contributed by atoms with Gasteiger partial charge in [-0.2, -0.15) is 4.72 Å². The van der Waals surface area contributed by atoms with Gasteiger partial charge in [-0.15, -0.1) is 6.42 Å². The number of terminal acetylenes is 1. The predicted octanol–water partition coefficient (Wildman–Crippen LogP) is 0.815. The lowest BCUT2D eigenvalue weighted by atomic mass is 10.2. The highest BCUT2D eigenvalue weighted by atomic mass is 32.2. The van der Waals surface area contributed by atoms with Gasteiger partial charge in [0.2, 0.25) is 10.0 Å². The first-order chi connectivity index (χ1) is 7.88. The van der Waals surface area contributed by atoms with Crippen molar-refractivity contribution in [1.29, 1.82) is 0 Å². The van der Waals surface area contributed by atoms with E-state index in [1.807, 2.05) is 0 Å². The molecule has 1 N–H and O–H groups in total. The Morgan fingerprint density at radius 1 is 1.53 bits per heavy atom. The summed E-state index contributed by atoms with van der Waals surface area (Å²) in [4.78, 5) is 9.87. The van der Waals surface area contributed by atoms with Crippen LogP contribution < -0.4 is 4.72 Å². The number of aryl methyl sites for hydroxylation is 1. The molecule has 1 aromatic carbocycles. The van der Waals surface area contributed by atoms with Crippen molar-refractivity contribution in [3.05, 3.63) is 33.9 Å². The van der Waals surface area contributed by atoms with E-state index in [0.717, 1.165) is 6.07 Å². The van der Waals surface area contributed by atoms with E-state index < -0.39 is 14.9 Å². The summed E-state index contributed by atoms with van der Waals surface area (Å²) >= 11 is 0. The summed E-state index contributed by atoms with van der Waals surface area (Å²) in [6.45, 7) is 1.37. The first-order valence-electron chi connectivity index (χ1n) is 4.56. The Kier molecular flexibility index (Phi) is 3.83. The molecule has 0 amide bonds. The minimum absolute atomic E-state index is 0.163. The van der Waals surface area contributed by atoms with Gasteiger partial charge in [0.05, 0.1) is 16.4 Å². The molecule has 1 aromatic rings. The van der Waals surface area contributed by atoms with E-state index in [9.17, 15) is 18.5 Å². The van der Waals surface area contributed by atoms with Gasteiger partial charge >= 0.3 is 0 Å². The summed E-state index contributed by atoms with van der Waals surface area (Å²) in [6, 6.07) is 3.68. The van der Waals surface area contributed by atoms with Crippen LogP contribution in [0.25, 0.3) is 0 Å². The Bertz CT molecular complexity index is 587. The zero-order valence-corrected chi connectivity index (χ0v) is 9.82. The Balaban J connectivity index is 3.21. The highest BCUT2D eigenvalue weighted by molar-refractivity contribution is 7.89. The van der Waals surface area contributed by atoms with Crippen molar-refractivity contribution in [3.63, 3.8) is 0 Å². The Labute approximate surface area is 98.9 Å². The van der Waals surface area contributed by atoms with Gasteiger partial charge in [-0.3, -0.25) is 10.1 Å². The summed E-state index contributed by atoms with van der Waals surface area (Å²) in [5, 5.41) is 10.7. The quantitative estimate of drug-likeness (QED) is 0.489. The molecule has 0 aliphatic heterocycles. The number of rotatable bonds is 4. The molecule has 0 aromatic heterocycles. The van der Waals surface area contributed by atoms with Crippen LogP contribution in [0.2, 0.25) is 0 Å². The molecule has 0 aliphatic carbocycles. The number of nitrogens with one attached hydrogen (secondary N) is 1. The monoisotopic (exact) mass is 254 g/mol. The van der Waals surface area contributed by atoms with E-state index in [2.05, 4.69) is 10.6 Å². The van der Waals surface area contributed by atoms with Crippen molar-refractivity contribution in [2.75, 3.05) is 6.54 Å². The second kappa shape index (κ2) is 4.95. The fraction of sp³-hybridized carbons (Fsp3) is 0.200. The van der Waals surface area contributed by atoms with Crippen molar-refractivity contribution in [1.82, 2.24) is 4.72 Å². The highest BCUT2D eigenvalue weighted by Gasteiger charge is 2.18. The molecular formula is C10H10N2O4S. The maximum atomic E-state index is 11.6. The third-order valence-corrected chi connectivity index (χ3v) is 3.45. The van der Waals surface area contributed by atoms with Gasteiger partial charge < -0.3 is 0 Å². The van der Waals surface area contributed by atoms with Crippen LogP contribution in [0.1, 0.15) is 5.56 Å². The van der Waals surface area contributed by atoms with Crippen LogP contribution in [0.4, 0.5) is 5.69 Å². The fourth-order valence-electron chi connectivity index (χ4n) is 1.17. The molecule has 0 spiro atoms. The third kappa shape index (κ3) is 3.03. The number of nitro benzene ring substituents is 1. The zero-order chi connectivity index (χ0) is 13.1. The third-order valence-electron chi connectivity index (χ3n) is 2.05. The minimum atomic E-state index is -3.79. The van der Waals surface area contributed by atoms with Crippen molar-refractivity contribution in [2.45, 2.75) is 11.8 Å². The molecule has 0 atom stereocenters. The molecule has 1 rings (SSSR count). The summed E-state index contributed by atoms with van der Waals surface area (Å²) < 4.78 is 25.4. The van der Waals surface area contributed by atoms with E-state index in [1.54, 1.807) is 0 Å². The van der Waals surface area contributed by atoms with Crippen LogP contribution in [0.3, 0.4) is 0 Å². The van der Waals surface area contributed by atoms with Gasteiger partial charge in [0, 0.05) is 11.6 Å². The fourth-order valence-corrected chi connectivity index (χ4v) is 2.13. The molecule has 90 valence electrons. The SMILES string of the molecule is C#CCNS(=O)(=O)c1ccc(C)c([N+](=O)[O-])c1. The molecule has 7 heteroatoms. The Hall–Kier alpha value is -1.91. The minimum Gasteiger partial charge on any atom is -0.258 e. The van der Waals surface area contributed by atoms with Gasteiger partial charge in [0.1, 0.15) is 0 Å². The van der Waals surface area contributed by atoms with Crippen LogP contribution in [-0.4, -0.2) is 19.9 Å². The van der Waals surface area contributed by atoms with Crippen LogP contribution in [0, 0.1) is 29.4 Å². The number of sulfonamides is 1.